The molecule has 0 spiro atoms. The lowest BCUT2D eigenvalue weighted by molar-refractivity contribution is 0.0280. The highest BCUT2D eigenvalue weighted by molar-refractivity contribution is 9.10. The highest BCUT2D eigenvalue weighted by Gasteiger charge is 2.36. The molecule has 4 aromatic carbocycles. The second kappa shape index (κ2) is 12.6. The van der Waals surface area contributed by atoms with Crippen LogP contribution < -0.4 is 4.90 Å². The van der Waals surface area contributed by atoms with E-state index in [0.29, 0.717) is 49.6 Å². The summed E-state index contributed by atoms with van der Waals surface area (Å²) in [6.07, 6.45) is -0.998. The average Bonchev–Trinajstić information content (AvgIpc) is 3.29. The van der Waals surface area contributed by atoms with Gasteiger partial charge in [0, 0.05) is 38.3 Å². The fourth-order valence-corrected chi connectivity index (χ4v) is 6.21. The van der Waals surface area contributed by atoms with Crippen molar-refractivity contribution >= 4 is 79.3 Å². The van der Waals surface area contributed by atoms with Gasteiger partial charge in [-0.1, -0.05) is 51.8 Å². The summed E-state index contributed by atoms with van der Waals surface area (Å²) in [7, 11) is 0. The number of ether oxygens (including phenoxy) is 1. The number of fused-ring (bicyclic) bond motifs is 2. The molecule has 0 bridgehead atoms. The molecule has 1 atom stereocenters. The van der Waals surface area contributed by atoms with Gasteiger partial charge in [-0.3, -0.25) is 14.4 Å². The second-order valence-electron chi connectivity index (χ2n) is 10.5. The molecule has 6 rings (SSSR count). The molecule has 1 aromatic heterocycles. The highest BCUT2D eigenvalue weighted by Crippen LogP contribution is 2.33. The number of halogens is 3. The number of carbonyl (C=O) groups excluding carboxylic acids is 4. The number of amides is 2. The van der Waals surface area contributed by atoms with E-state index in [1.165, 1.54) is 0 Å². The fraction of sp³-hybridized carbons (Fsp3) is 0.114. The highest BCUT2D eigenvalue weighted by atomic mass is 79.9. The Balaban J connectivity index is 1.36. The third-order valence-electron chi connectivity index (χ3n) is 7.55. The van der Waals surface area contributed by atoms with Crippen molar-refractivity contribution in [1.82, 2.24) is 4.98 Å². The maximum Gasteiger partial charge on any atom is 0.339 e. The number of pyridine rings is 1. The summed E-state index contributed by atoms with van der Waals surface area (Å²) < 4.78 is 6.56. The van der Waals surface area contributed by atoms with Crippen LogP contribution in [-0.2, 0) is 4.74 Å². The van der Waals surface area contributed by atoms with Gasteiger partial charge in [0.2, 0.25) is 5.78 Å². The number of Topliss-reactive ketones (excluding diaryl/α,β-unsaturated/α-hetero) is 1. The quantitative estimate of drug-likeness (QED) is 0.0698. The first-order valence-corrected chi connectivity index (χ1v) is 15.6. The van der Waals surface area contributed by atoms with Crippen LogP contribution in [0.2, 0.25) is 5.02 Å². The van der Waals surface area contributed by atoms with Crippen molar-refractivity contribution < 1.29 is 23.9 Å². The molecule has 224 valence electrons. The Morgan fingerprint density at radius 2 is 1.56 bits per heavy atom. The zero-order valence-corrected chi connectivity index (χ0v) is 26.8. The van der Waals surface area contributed by atoms with Crippen LogP contribution in [0.4, 0.5) is 5.69 Å². The van der Waals surface area contributed by atoms with Gasteiger partial charge >= 0.3 is 5.97 Å². The molecule has 0 fully saturated rings. The van der Waals surface area contributed by atoms with Gasteiger partial charge in [0.05, 0.1) is 33.6 Å². The maximum atomic E-state index is 13.8. The van der Waals surface area contributed by atoms with E-state index in [2.05, 4.69) is 15.9 Å². The minimum absolute atomic E-state index is 0.101. The van der Waals surface area contributed by atoms with Crippen LogP contribution in [0.1, 0.15) is 53.4 Å². The number of hydrogen-bond donors (Lipinski definition) is 0. The SMILES string of the molecule is Cc1cc(Br)cc2c(C(=O)OC(CCCl)C(=O)c3ccc(Cl)cc3)cc(-c3ccc(N4C(=O)c5ccccc5C4=O)cc3)nc12. The zero-order chi connectivity index (χ0) is 31.8. The lowest BCUT2D eigenvalue weighted by Gasteiger charge is -2.18. The number of ketones is 1. The summed E-state index contributed by atoms with van der Waals surface area (Å²) in [6, 6.07) is 25.1. The summed E-state index contributed by atoms with van der Waals surface area (Å²) in [5, 5.41) is 1.02. The van der Waals surface area contributed by atoms with E-state index in [4.69, 9.17) is 32.9 Å². The summed E-state index contributed by atoms with van der Waals surface area (Å²) in [5.74, 6) is -1.78. The first-order chi connectivity index (χ1) is 21.7. The monoisotopic (exact) mass is 700 g/mol. The van der Waals surface area contributed by atoms with Gasteiger partial charge in [-0.15, -0.1) is 11.6 Å². The molecule has 1 aliphatic heterocycles. The number of anilines is 1. The number of nitrogens with zero attached hydrogens (tertiary/aromatic N) is 2. The molecule has 0 aliphatic carbocycles. The first kappa shape index (κ1) is 30.6. The molecule has 5 aromatic rings. The van der Waals surface area contributed by atoms with Gasteiger partial charge < -0.3 is 4.74 Å². The molecule has 7 nitrogen and oxygen atoms in total. The largest absolute Gasteiger partial charge is 0.450 e. The molecule has 0 saturated heterocycles. The summed E-state index contributed by atoms with van der Waals surface area (Å²) in [6.45, 7) is 1.88. The summed E-state index contributed by atoms with van der Waals surface area (Å²) in [5.41, 5.74) is 4.18. The number of alkyl halides is 1. The number of hydrogen-bond acceptors (Lipinski definition) is 6. The third kappa shape index (κ3) is 5.89. The molecule has 10 heteroatoms. The van der Waals surface area contributed by atoms with E-state index in [0.717, 1.165) is 14.9 Å². The second-order valence-corrected chi connectivity index (χ2v) is 12.2. The van der Waals surface area contributed by atoms with E-state index in [1.807, 2.05) is 13.0 Å². The van der Waals surface area contributed by atoms with Gasteiger partial charge in [0.25, 0.3) is 11.8 Å². The number of aromatic nitrogens is 1. The molecule has 0 N–H and O–H groups in total. The van der Waals surface area contributed by atoms with Gasteiger partial charge in [-0.2, -0.15) is 0 Å². The van der Waals surface area contributed by atoms with Gasteiger partial charge in [0.1, 0.15) is 0 Å². The molecule has 0 saturated carbocycles. The van der Waals surface area contributed by atoms with E-state index in [9.17, 15) is 19.2 Å². The van der Waals surface area contributed by atoms with Crippen molar-refractivity contribution in [3.05, 3.63) is 128 Å². The van der Waals surface area contributed by atoms with Crippen LogP contribution in [0.15, 0.2) is 95.5 Å². The van der Waals surface area contributed by atoms with Gasteiger partial charge in [0.15, 0.2) is 6.10 Å². The normalized spacial score (nSPS) is 13.2. The van der Waals surface area contributed by atoms with Gasteiger partial charge in [-0.05, 0) is 79.2 Å². The average molecular weight is 702 g/mol. The van der Waals surface area contributed by atoms with E-state index in [-0.39, 0.29) is 23.6 Å². The summed E-state index contributed by atoms with van der Waals surface area (Å²) >= 11 is 15.5. The molecular weight excluding hydrogens is 679 g/mol. The molecule has 45 heavy (non-hydrogen) atoms. The number of imide groups is 1. The third-order valence-corrected chi connectivity index (χ3v) is 8.47. The number of carbonyl (C=O) groups is 4. The zero-order valence-electron chi connectivity index (χ0n) is 23.7. The van der Waals surface area contributed by atoms with E-state index < -0.39 is 23.9 Å². The minimum atomic E-state index is -1.12. The minimum Gasteiger partial charge on any atom is -0.450 e. The molecule has 2 heterocycles. The molecule has 1 aliphatic rings. The first-order valence-electron chi connectivity index (χ1n) is 13.9. The maximum absolute atomic E-state index is 13.8. The molecule has 2 amide bonds. The fourth-order valence-electron chi connectivity index (χ4n) is 5.31. The Hall–Kier alpha value is -4.37. The van der Waals surface area contributed by atoms with Crippen LogP contribution in [0, 0.1) is 6.92 Å². The van der Waals surface area contributed by atoms with E-state index >= 15 is 0 Å². The standard InChI is InChI=1S/C35H23BrCl2N2O5/c1-19-16-22(36)17-27-28(35(44)45-30(14-15-37)32(41)21-6-10-23(38)11-7-21)18-29(39-31(19)27)20-8-12-24(13-9-20)40-33(42)25-4-2-3-5-26(25)34(40)43/h2-13,16-18,30H,14-15H2,1H3. The Morgan fingerprint density at radius 3 is 2.18 bits per heavy atom. The lowest BCUT2D eigenvalue weighted by atomic mass is 10.0. The van der Waals surface area contributed by atoms with Crippen LogP contribution in [-0.4, -0.2) is 40.5 Å². The van der Waals surface area contributed by atoms with Crippen molar-refractivity contribution in [2.45, 2.75) is 19.4 Å². The number of rotatable bonds is 8. The smallest absolute Gasteiger partial charge is 0.339 e. The molecule has 0 radical (unpaired) electrons. The van der Waals surface area contributed by atoms with Crippen molar-refractivity contribution in [2.24, 2.45) is 0 Å². The van der Waals surface area contributed by atoms with Crippen molar-refractivity contribution in [3.8, 4) is 11.3 Å². The van der Waals surface area contributed by atoms with Crippen LogP contribution in [0.5, 0.6) is 0 Å². The van der Waals surface area contributed by atoms with Gasteiger partial charge in [-0.25, -0.2) is 14.7 Å². The van der Waals surface area contributed by atoms with Crippen LogP contribution in [0.25, 0.3) is 22.2 Å². The Labute approximate surface area is 276 Å². The predicted molar refractivity (Wildman–Crippen MR) is 178 cm³/mol. The number of benzene rings is 4. The topological polar surface area (TPSA) is 93.6 Å². The van der Waals surface area contributed by atoms with Crippen LogP contribution in [0.3, 0.4) is 0 Å². The summed E-state index contributed by atoms with van der Waals surface area (Å²) in [4.78, 5) is 59.0. The Morgan fingerprint density at radius 1 is 0.911 bits per heavy atom. The van der Waals surface area contributed by atoms with Crippen molar-refractivity contribution in [1.29, 1.82) is 0 Å². The van der Waals surface area contributed by atoms with Crippen molar-refractivity contribution in [3.63, 3.8) is 0 Å². The van der Waals surface area contributed by atoms with E-state index in [1.54, 1.807) is 84.9 Å². The molecule has 1 unspecified atom stereocenters. The number of esters is 1. The lowest BCUT2D eigenvalue weighted by Crippen LogP contribution is -2.29. The van der Waals surface area contributed by atoms with Crippen LogP contribution >= 0.6 is 39.1 Å². The van der Waals surface area contributed by atoms with Crippen molar-refractivity contribution in [2.75, 3.05) is 10.8 Å². The predicted octanol–water partition coefficient (Wildman–Crippen LogP) is 8.46. The Kier molecular flexibility index (Phi) is 8.55. The molecular formula is C35H23BrCl2N2O5. The Bertz CT molecular complexity index is 1980. The number of aryl methyl sites for hydroxylation is 1.